The maximum absolute atomic E-state index is 14.7. The van der Waals surface area contributed by atoms with E-state index in [4.69, 9.17) is 28.4 Å². The fourth-order valence-electron chi connectivity index (χ4n) is 14.5. The highest BCUT2D eigenvalue weighted by molar-refractivity contribution is 6.39. The van der Waals surface area contributed by atoms with Crippen molar-refractivity contribution in [1.82, 2.24) is 40.0 Å². The number of piperidine rings is 1. The molecule has 0 spiro atoms. The van der Waals surface area contributed by atoms with Crippen LogP contribution in [0.2, 0.25) is 0 Å². The molecule has 3 amide bonds. The van der Waals surface area contributed by atoms with Crippen LogP contribution in [-0.4, -0.2) is 239 Å². The minimum atomic E-state index is -2.49. The summed E-state index contributed by atoms with van der Waals surface area (Å²) in [5, 5.41) is 37.4. The van der Waals surface area contributed by atoms with Gasteiger partial charge in [-0.05, 0) is 119 Å². The van der Waals surface area contributed by atoms with E-state index in [1.54, 1.807) is 54.3 Å². The van der Waals surface area contributed by atoms with E-state index in [1.165, 1.54) is 6.08 Å². The van der Waals surface area contributed by atoms with E-state index in [9.17, 15) is 48.9 Å². The van der Waals surface area contributed by atoms with Crippen LogP contribution in [-0.2, 0) is 63.7 Å². The van der Waals surface area contributed by atoms with Gasteiger partial charge in [0.1, 0.15) is 36.2 Å². The predicted molar refractivity (Wildman–Crippen MR) is 373 cm³/mol. The van der Waals surface area contributed by atoms with Crippen LogP contribution >= 0.6 is 0 Å². The number of carbonyl (C=O) groups is 7. The summed E-state index contributed by atoms with van der Waals surface area (Å²) in [6, 6.07) is -1.22. The molecule has 2 bridgehead atoms. The first-order valence-corrected chi connectivity index (χ1v) is 36.1. The first-order valence-electron chi connectivity index (χ1n) is 36.1. The van der Waals surface area contributed by atoms with Crippen molar-refractivity contribution in [1.29, 1.82) is 0 Å². The predicted octanol–water partition coefficient (Wildman–Crippen LogP) is 6.23. The molecule has 5 aliphatic heterocycles. The number of nitrogens with zero attached hydrogens (tertiary/aromatic N) is 9. The fraction of sp³-hybridized carbons (Fsp3) is 0.689. The summed E-state index contributed by atoms with van der Waals surface area (Å²) in [6.07, 6.45) is 15.3. The van der Waals surface area contributed by atoms with Crippen molar-refractivity contribution in [2.75, 3.05) is 103 Å². The SMILES string of the molecule is CO[C@H]1C[C@@H]2CC[C@@H](C)[C@@](O)(O2)C(=O)C(=O)N2CCCC[C@H]2C(=O)OC([C@H](C)CC2CC[C@@H](OC(=O)NCc3cnc(N4CCN(C(=O)CCOCCN5CCN(c6ncc(C)cn6)CC5)CC4)nc3)[C@H](OC)C2)CC(=O)[C@H](C)/C=C(\C)[C@@H](O)[C@@H](O)C(=O)[C@H](C)C[C@H](C)/C=C/C=C/C=C/1C. The lowest BCUT2D eigenvalue weighted by molar-refractivity contribution is -0.265. The van der Waals surface area contributed by atoms with Crippen LogP contribution < -0.4 is 15.1 Å². The minimum absolute atomic E-state index is 0.0326. The number of cyclic esters (lactones) is 1. The molecule has 15 atom stereocenters. The maximum atomic E-state index is 14.7. The van der Waals surface area contributed by atoms with Gasteiger partial charge in [-0.3, -0.25) is 28.9 Å². The lowest BCUT2D eigenvalue weighted by atomic mass is 9.78. The number of aliphatic hydroxyl groups is 3. The lowest BCUT2D eigenvalue weighted by Crippen LogP contribution is -2.61. The zero-order chi connectivity index (χ0) is 72.2. The number of anilines is 2. The van der Waals surface area contributed by atoms with Crippen molar-refractivity contribution >= 4 is 53.1 Å². The number of rotatable bonds is 16. The highest BCUT2D eigenvalue weighted by Crippen LogP contribution is 2.38. The fourth-order valence-corrected chi connectivity index (χ4v) is 14.5. The molecule has 0 radical (unpaired) electrons. The van der Waals surface area contributed by atoms with E-state index in [1.807, 2.05) is 80.3 Å². The van der Waals surface area contributed by atoms with Gasteiger partial charge in [0.15, 0.2) is 5.78 Å². The molecule has 0 aromatic carbocycles. The zero-order valence-electron chi connectivity index (χ0n) is 60.4. The summed E-state index contributed by atoms with van der Waals surface area (Å²) in [5.74, 6) is -7.93. The number of Topliss-reactive ketones (excluding diaryl/α,β-unsaturated/α-hetero) is 3. The molecular weight excluding hydrogens is 1280 g/mol. The summed E-state index contributed by atoms with van der Waals surface area (Å²) in [5.41, 5.74) is 2.75. The number of methoxy groups -OCH3 is 2. The number of allylic oxidation sites excluding steroid dienone is 6. The number of hydrogen-bond acceptors (Lipinski definition) is 23. The van der Waals surface area contributed by atoms with E-state index >= 15 is 0 Å². The molecule has 4 N–H and O–H groups in total. The Morgan fingerprint density at radius 1 is 0.740 bits per heavy atom. The molecule has 4 saturated heterocycles. The maximum Gasteiger partial charge on any atom is 0.407 e. The quantitative estimate of drug-likeness (QED) is 0.0626. The number of hydrogen-bond donors (Lipinski definition) is 4. The second-order valence-electron chi connectivity index (χ2n) is 28.6. The number of nitrogens with one attached hydrogen (secondary N) is 1. The van der Waals surface area contributed by atoms with Crippen molar-refractivity contribution in [3.05, 3.63) is 83.5 Å². The van der Waals surface area contributed by atoms with Crippen molar-refractivity contribution in [3.8, 4) is 0 Å². The summed E-state index contributed by atoms with van der Waals surface area (Å²) in [6.45, 7) is 21.7. The van der Waals surface area contributed by atoms with Gasteiger partial charge in [-0.25, -0.2) is 29.5 Å². The van der Waals surface area contributed by atoms with Gasteiger partial charge in [-0.15, -0.1) is 0 Å². The molecule has 1 saturated carbocycles. The number of aryl methyl sites for hydroxylation is 1. The Kier molecular flexibility index (Phi) is 29.8. The Morgan fingerprint density at radius 2 is 1.42 bits per heavy atom. The Hall–Kier alpha value is -6.91. The molecule has 100 heavy (non-hydrogen) atoms. The molecule has 5 fully saturated rings. The number of aliphatic hydroxyl groups excluding tert-OH is 2. The third-order valence-electron chi connectivity index (χ3n) is 21.0. The smallest absolute Gasteiger partial charge is 0.407 e. The van der Waals surface area contributed by atoms with Crippen molar-refractivity contribution in [3.63, 3.8) is 0 Å². The van der Waals surface area contributed by atoms with Crippen molar-refractivity contribution in [2.45, 2.75) is 200 Å². The lowest BCUT2D eigenvalue weighted by Gasteiger charge is -2.42. The molecule has 2 unspecified atom stereocenters. The van der Waals surface area contributed by atoms with Gasteiger partial charge >= 0.3 is 12.1 Å². The number of amides is 3. The number of ether oxygens (including phenoxy) is 6. The Labute approximate surface area is 589 Å². The normalized spacial score (nSPS) is 32.3. The highest BCUT2D eigenvalue weighted by atomic mass is 16.6. The number of alkyl carbamates (subject to hydrolysis) is 1. The van der Waals surface area contributed by atoms with Gasteiger partial charge in [0.25, 0.3) is 11.7 Å². The number of ketones is 3. The van der Waals surface area contributed by atoms with Crippen LogP contribution in [0, 0.1) is 42.4 Å². The van der Waals surface area contributed by atoms with Gasteiger partial charge in [0.05, 0.1) is 37.9 Å². The summed E-state index contributed by atoms with van der Waals surface area (Å²) >= 11 is 0. The Balaban J connectivity index is 0.843. The standard InChI is InChI=1S/C74H110N10O16/c1-47-16-12-11-13-17-49(3)61(95-9)40-57-21-19-54(8)74(94,100-57)68(90)69(91)84-24-15-14-18-58(84)70(92)98-62(41-59(85)50(4)37-53(7)66(88)67(89)65(87)52(6)36-47)51(5)38-55-20-22-60(63(39-55)96-10)99-73(93)79-46-56-44-77-72(78-45-56)83-31-29-81(30-32-83)64(86)23-34-97-35-33-80-25-27-82(28-26-80)71-75-42-48(2)43-76-71/h11-13,16-17,37,42-45,47,50-52,54-55,57-58,60-63,66-67,88-89,94H,14-15,18-36,38-41,46H2,1-10H3,(H,79,93)/b13-11+,16-12+,49-17+,53-37+/t47-,50-,51-,52-,54-,55?,57+,58+,60-,61+,62?,63-,66-,67+,74-/m1/s1. The number of piperazine rings is 2. The third kappa shape index (κ3) is 21.8. The second kappa shape index (κ2) is 37.8. The number of fused-ring (bicyclic) bond motifs is 3. The zero-order valence-corrected chi connectivity index (χ0v) is 60.4. The van der Waals surface area contributed by atoms with Crippen LogP contribution in [0.25, 0.3) is 0 Å². The van der Waals surface area contributed by atoms with Gasteiger partial charge in [0, 0.05) is 147 Å². The molecule has 1 aliphatic carbocycles. The molecule has 7 heterocycles. The van der Waals surface area contributed by atoms with Crippen molar-refractivity contribution in [2.24, 2.45) is 35.5 Å². The molecule has 2 aromatic rings. The van der Waals surface area contributed by atoms with Crippen LogP contribution in [0.4, 0.5) is 16.7 Å². The Morgan fingerprint density at radius 3 is 2.10 bits per heavy atom. The van der Waals surface area contributed by atoms with Crippen LogP contribution in [0.5, 0.6) is 0 Å². The monoisotopic (exact) mass is 1390 g/mol. The number of carbonyl (C=O) groups excluding carboxylic acids is 7. The van der Waals surface area contributed by atoms with E-state index in [2.05, 4.69) is 35.1 Å². The molecule has 6 aliphatic rings. The molecular formula is C74H110N10O16. The van der Waals surface area contributed by atoms with E-state index in [0.29, 0.717) is 115 Å². The molecule has 26 heteroatoms. The molecule has 8 rings (SSSR count). The van der Waals surface area contributed by atoms with Gasteiger partial charge < -0.3 is 68.7 Å². The van der Waals surface area contributed by atoms with E-state index in [-0.39, 0.29) is 61.5 Å². The van der Waals surface area contributed by atoms with Crippen molar-refractivity contribution < 1.29 is 77.3 Å². The van der Waals surface area contributed by atoms with Gasteiger partial charge in [0.2, 0.25) is 23.6 Å². The topological polar surface area (TPSA) is 315 Å². The van der Waals surface area contributed by atoms with Crippen LogP contribution in [0.15, 0.2) is 72.4 Å². The van der Waals surface area contributed by atoms with Crippen LogP contribution in [0.1, 0.15) is 143 Å². The second-order valence-corrected chi connectivity index (χ2v) is 28.6. The molecule has 26 nitrogen and oxygen atoms in total. The average molecular weight is 1400 g/mol. The van der Waals surface area contributed by atoms with Gasteiger partial charge in [-0.1, -0.05) is 71.1 Å². The third-order valence-corrected chi connectivity index (χ3v) is 21.0. The first kappa shape index (κ1) is 78.8. The van der Waals surface area contributed by atoms with Crippen LogP contribution in [0.3, 0.4) is 0 Å². The average Bonchev–Trinajstić information content (AvgIpc) is 0.773. The largest absolute Gasteiger partial charge is 0.460 e. The number of esters is 1. The van der Waals surface area contributed by atoms with E-state index < -0.39 is 108 Å². The molecule has 552 valence electrons. The van der Waals surface area contributed by atoms with E-state index in [0.717, 1.165) is 54.7 Å². The molecule has 2 aromatic heterocycles. The summed E-state index contributed by atoms with van der Waals surface area (Å²) < 4.78 is 36.2. The summed E-state index contributed by atoms with van der Waals surface area (Å²) in [7, 11) is 3.11. The minimum Gasteiger partial charge on any atom is -0.460 e. The highest BCUT2D eigenvalue weighted by Gasteiger charge is 2.53. The first-order chi connectivity index (χ1) is 47.8. The Bertz CT molecular complexity index is 3170. The number of aromatic nitrogens is 4. The van der Waals surface area contributed by atoms with Gasteiger partial charge in [-0.2, -0.15) is 0 Å². The summed E-state index contributed by atoms with van der Waals surface area (Å²) in [4.78, 5) is 126.